The van der Waals surface area contributed by atoms with Gasteiger partial charge in [0.1, 0.15) is 0 Å². The number of rotatable bonds is 1. The van der Waals surface area contributed by atoms with Crippen LogP contribution in [0.5, 0.6) is 0 Å². The van der Waals surface area contributed by atoms with E-state index in [4.69, 9.17) is 4.42 Å². The van der Waals surface area contributed by atoms with Gasteiger partial charge in [-0.1, -0.05) is 15.9 Å². The van der Waals surface area contributed by atoms with E-state index < -0.39 is 0 Å². The zero-order valence-electron chi connectivity index (χ0n) is 8.45. The van der Waals surface area contributed by atoms with Crippen LogP contribution < -0.4 is 4.73 Å². The lowest BCUT2D eigenvalue weighted by Crippen LogP contribution is -2.29. The van der Waals surface area contributed by atoms with Crippen molar-refractivity contribution in [3.63, 3.8) is 0 Å². The van der Waals surface area contributed by atoms with Crippen molar-refractivity contribution in [1.82, 2.24) is 0 Å². The highest BCUT2D eigenvalue weighted by atomic mass is 79.9. The van der Waals surface area contributed by atoms with Crippen molar-refractivity contribution >= 4 is 15.9 Å². The van der Waals surface area contributed by atoms with E-state index in [-0.39, 0.29) is 0 Å². The van der Waals surface area contributed by atoms with Crippen molar-refractivity contribution < 1.29 is 9.15 Å². The Morgan fingerprint density at radius 1 is 1.20 bits per heavy atom. The second kappa shape index (κ2) is 3.70. The highest BCUT2D eigenvalue weighted by Crippen LogP contribution is 2.21. The van der Waals surface area contributed by atoms with Gasteiger partial charge in [-0.3, -0.25) is 0 Å². The van der Waals surface area contributed by atoms with E-state index in [1.54, 1.807) is 13.8 Å². The van der Waals surface area contributed by atoms with Gasteiger partial charge >= 0.3 is 5.89 Å². The van der Waals surface area contributed by atoms with Gasteiger partial charge in [0.15, 0.2) is 5.76 Å². The van der Waals surface area contributed by atoms with Crippen LogP contribution in [0.3, 0.4) is 0 Å². The molecule has 78 valence electrons. The number of aryl methyl sites for hydroxylation is 1. The summed E-state index contributed by atoms with van der Waals surface area (Å²) in [4.78, 5) is 0. The summed E-state index contributed by atoms with van der Waals surface area (Å²) < 4.78 is 7.20. The van der Waals surface area contributed by atoms with Crippen LogP contribution in [-0.4, -0.2) is 0 Å². The fourth-order valence-corrected chi connectivity index (χ4v) is 1.59. The van der Waals surface area contributed by atoms with E-state index in [0.717, 1.165) is 14.8 Å². The predicted octanol–water partition coefficient (Wildman–Crippen LogP) is 2.96. The monoisotopic (exact) mass is 267 g/mol. The molecule has 3 nitrogen and oxygen atoms in total. The maximum Gasteiger partial charge on any atom is 0.392 e. The van der Waals surface area contributed by atoms with Crippen LogP contribution in [0.4, 0.5) is 0 Å². The number of hydrogen-bond donors (Lipinski definition) is 0. The van der Waals surface area contributed by atoms with Crippen molar-refractivity contribution in [1.29, 1.82) is 0 Å². The molecule has 0 aliphatic rings. The predicted molar refractivity (Wildman–Crippen MR) is 60.3 cm³/mol. The summed E-state index contributed by atoms with van der Waals surface area (Å²) in [5.41, 5.74) is 1.39. The van der Waals surface area contributed by atoms with E-state index in [2.05, 4.69) is 15.9 Å². The molecule has 0 aliphatic heterocycles. The molecule has 0 saturated heterocycles. The van der Waals surface area contributed by atoms with Gasteiger partial charge in [-0.2, -0.15) is 0 Å². The lowest BCUT2D eigenvalue weighted by Gasteiger charge is -1.97. The molecule has 0 N–H and O–H groups in total. The number of hydrogen-bond acceptors (Lipinski definition) is 2. The standard InChI is InChI=1S/C11H10BrNO2/c1-7-8(2)15-11(13(7)14)9-3-5-10(12)6-4-9/h3-6H,1-2H3. The molecule has 2 rings (SSSR count). The molecular weight excluding hydrogens is 258 g/mol. The Morgan fingerprint density at radius 3 is 2.27 bits per heavy atom. The summed E-state index contributed by atoms with van der Waals surface area (Å²) in [6.45, 7) is 3.53. The minimum Gasteiger partial charge on any atom is -0.616 e. The topological polar surface area (TPSA) is 40.1 Å². The third-order valence-electron chi connectivity index (χ3n) is 2.34. The lowest BCUT2D eigenvalue weighted by atomic mass is 10.2. The molecule has 2 aromatic rings. The molecule has 1 aromatic carbocycles. The van der Waals surface area contributed by atoms with Crippen LogP contribution in [-0.2, 0) is 0 Å². The first kappa shape index (κ1) is 10.2. The van der Waals surface area contributed by atoms with E-state index in [1.807, 2.05) is 24.3 Å². The van der Waals surface area contributed by atoms with Gasteiger partial charge in [0.05, 0.1) is 5.56 Å². The molecule has 0 spiro atoms. The second-order valence-corrected chi connectivity index (χ2v) is 4.27. The Balaban J connectivity index is 2.54. The first-order valence-corrected chi connectivity index (χ1v) is 5.34. The number of benzene rings is 1. The minimum absolute atomic E-state index is 0.345. The van der Waals surface area contributed by atoms with Crippen LogP contribution in [0.2, 0.25) is 0 Å². The summed E-state index contributed by atoms with van der Waals surface area (Å²) in [5.74, 6) is 1.00. The van der Waals surface area contributed by atoms with Crippen LogP contribution in [0.15, 0.2) is 33.2 Å². The molecule has 15 heavy (non-hydrogen) atoms. The first-order chi connectivity index (χ1) is 7.09. The molecule has 0 atom stereocenters. The van der Waals surface area contributed by atoms with Gasteiger partial charge in [0, 0.05) is 18.3 Å². The van der Waals surface area contributed by atoms with Gasteiger partial charge in [0.25, 0.3) is 0 Å². The van der Waals surface area contributed by atoms with E-state index in [9.17, 15) is 5.21 Å². The molecule has 0 unspecified atom stereocenters. The first-order valence-electron chi connectivity index (χ1n) is 4.55. The smallest absolute Gasteiger partial charge is 0.392 e. The molecule has 0 amide bonds. The maximum absolute atomic E-state index is 11.7. The number of aromatic nitrogens is 1. The summed E-state index contributed by atoms with van der Waals surface area (Å²) in [6.07, 6.45) is 0. The Morgan fingerprint density at radius 2 is 1.80 bits per heavy atom. The summed E-state index contributed by atoms with van der Waals surface area (Å²) in [6, 6.07) is 7.44. The molecule has 0 bridgehead atoms. The molecule has 1 heterocycles. The molecule has 0 fully saturated rings. The molecular formula is C11H10BrNO2. The third kappa shape index (κ3) is 1.77. The van der Waals surface area contributed by atoms with Gasteiger partial charge in [-0.25, -0.2) is 0 Å². The molecule has 4 heteroatoms. The highest BCUT2D eigenvalue weighted by Gasteiger charge is 2.19. The van der Waals surface area contributed by atoms with Crippen LogP contribution in [0.25, 0.3) is 11.5 Å². The van der Waals surface area contributed by atoms with Crippen molar-refractivity contribution in [3.8, 4) is 11.5 Å². The van der Waals surface area contributed by atoms with Gasteiger partial charge in [0.2, 0.25) is 5.69 Å². The molecule has 0 radical (unpaired) electrons. The van der Waals surface area contributed by atoms with Crippen molar-refractivity contribution in [2.75, 3.05) is 0 Å². The Labute approximate surface area is 96.1 Å². The van der Waals surface area contributed by atoms with Crippen LogP contribution in [0.1, 0.15) is 11.5 Å². The Hall–Kier alpha value is -1.29. The van der Waals surface area contributed by atoms with Gasteiger partial charge in [-0.05, 0) is 24.3 Å². The molecule has 1 aromatic heterocycles. The lowest BCUT2D eigenvalue weighted by molar-refractivity contribution is -0.602. The number of halogens is 1. The van der Waals surface area contributed by atoms with Crippen molar-refractivity contribution in [2.45, 2.75) is 13.8 Å². The number of oxazole rings is 1. The average Bonchev–Trinajstić information content (AvgIpc) is 2.47. The Bertz CT molecular complexity index is 488. The Kier molecular flexibility index (Phi) is 2.52. The molecule has 0 saturated carbocycles. The third-order valence-corrected chi connectivity index (χ3v) is 2.87. The van der Waals surface area contributed by atoms with Crippen LogP contribution >= 0.6 is 15.9 Å². The van der Waals surface area contributed by atoms with Crippen molar-refractivity contribution in [3.05, 3.63) is 45.4 Å². The van der Waals surface area contributed by atoms with E-state index in [1.165, 1.54) is 0 Å². The SMILES string of the molecule is Cc1oc(-c2ccc(Br)cc2)[n+]([O-])c1C. The van der Waals surface area contributed by atoms with Crippen LogP contribution in [0, 0.1) is 19.1 Å². The maximum atomic E-state index is 11.7. The van der Waals surface area contributed by atoms with Gasteiger partial charge < -0.3 is 9.62 Å². The summed E-state index contributed by atoms with van der Waals surface area (Å²) in [5, 5.41) is 11.7. The van der Waals surface area contributed by atoms with E-state index in [0.29, 0.717) is 17.3 Å². The zero-order chi connectivity index (χ0) is 11.0. The van der Waals surface area contributed by atoms with Gasteiger partial charge in [-0.15, -0.1) is 4.73 Å². The van der Waals surface area contributed by atoms with E-state index >= 15 is 0 Å². The fraction of sp³-hybridized carbons (Fsp3) is 0.182. The summed E-state index contributed by atoms with van der Waals surface area (Å²) >= 11 is 3.34. The molecule has 0 aliphatic carbocycles. The normalized spacial score (nSPS) is 10.6. The minimum atomic E-state index is 0.345. The highest BCUT2D eigenvalue weighted by molar-refractivity contribution is 9.10. The second-order valence-electron chi connectivity index (χ2n) is 3.35. The largest absolute Gasteiger partial charge is 0.616 e. The zero-order valence-corrected chi connectivity index (χ0v) is 10.0. The number of nitrogens with zero attached hydrogens (tertiary/aromatic N) is 1. The average molecular weight is 268 g/mol. The fourth-order valence-electron chi connectivity index (χ4n) is 1.32. The van der Waals surface area contributed by atoms with Crippen molar-refractivity contribution in [2.24, 2.45) is 0 Å². The quantitative estimate of drug-likeness (QED) is 0.589. The summed E-state index contributed by atoms with van der Waals surface area (Å²) in [7, 11) is 0.